The molecule has 0 aromatic carbocycles. The fourth-order valence-corrected chi connectivity index (χ4v) is 3.89. The number of aliphatic imine (C=N–C) groups is 2. The van der Waals surface area contributed by atoms with Crippen LogP contribution in [-0.2, 0) is 4.79 Å². The maximum atomic E-state index is 10.7. The van der Waals surface area contributed by atoms with Crippen LogP contribution in [0.2, 0.25) is 0 Å². The lowest BCUT2D eigenvalue weighted by atomic mass is 9.54. The summed E-state index contributed by atoms with van der Waals surface area (Å²) in [4.78, 5) is 20.6. The first-order chi connectivity index (χ1) is 12.5. The van der Waals surface area contributed by atoms with Gasteiger partial charge >= 0.3 is 5.97 Å². The number of fused-ring (bicyclic) bond motifs is 1. The van der Waals surface area contributed by atoms with Crippen LogP contribution in [-0.4, -0.2) is 34.6 Å². The number of carboxylic acids is 1. The van der Waals surface area contributed by atoms with Gasteiger partial charge in [0, 0.05) is 5.57 Å². The van der Waals surface area contributed by atoms with Crippen molar-refractivity contribution in [3.63, 3.8) is 0 Å². The Labute approximate surface area is 162 Å². The van der Waals surface area contributed by atoms with E-state index < -0.39 is 5.97 Å². The summed E-state index contributed by atoms with van der Waals surface area (Å²) in [6.45, 7) is 15.0. The zero-order valence-electron chi connectivity index (χ0n) is 17.0. The minimum absolute atomic E-state index is 0.0401. The Bertz CT molecular complexity index is 800. The van der Waals surface area contributed by atoms with Crippen LogP contribution in [0.4, 0.5) is 0 Å². The molecule has 4 nitrogen and oxygen atoms in total. The Morgan fingerprint density at radius 1 is 1.33 bits per heavy atom. The highest BCUT2D eigenvalue weighted by Crippen LogP contribution is 2.54. The van der Waals surface area contributed by atoms with Crippen molar-refractivity contribution in [3.05, 3.63) is 36.5 Å². The van der Waals surface area contributed by atoms with Gasteiger partial charge in [-0.05, 0) is 48.7 Å². The van der Waals surface area contributed by atoms with Crippen LogP contribution < -0.4 is 0 Å². The molecule has 4 heteroatoms. The van der Waals surface area contributed by atoms with E-state index in [0.29, 0.717) is 11.3 Å². The quantitative estimate of drug-likeness (QED) is 0.582. The van der Waals surface area contributed by atoms with Crippen molar-refractivity contribution in [1.29, 1.82) is 0 Å². The third-order valence-corrected chi connectivity index (χ3v) is 5.96. The molecule has 1 heterocycles. The minimum Gasteiger partial charge on any atom is -0.481 e. The maximum absolute atomic E-state index is 10.7. The van der Waals surface area contributed by atoms with Crippen molar-refractivity contribution in [2.45, 2.75) is 65.5 Å². The highest BCUT2D eigenvalue weighted by Gasteiger charge is 2.57. The number of allylic oxidation sites excluding steroid dienone is 4. The van der Waals surface area contributed by atoms with Gasteiger partial charge in [-0.1, -0.05) is 52.3 Å². The van der Waals surface area contributed by atoms with Gasteiger partial charge in [-0.2, -0.15) is 0 Å². The van der Waals surface area contributed by atoms with E-state index in [1.54, 1.807) is 30.5 Å². The Morgan fingerprint density at radius 2 is 2.04 bits per heavy atom. The predicted octanol–water partition coefficient (Wildman–Crippen LogP) is 4.63. The number of rotatable bonds is 4. The number of carboxylic acid groups (broad SMARTS) is 1. The van der Waals surface area contributed by atoms with Gasteiger partial charge in [-0.3, -0.25) is 14.8 Å². The fraction of sp³-hybridized carbons (Fsp3) is 0.522. The molecular weight excluding hydrogens is 336 g/mol. The summed E-state index contributed by atoms with van der Waals surface area (Å²) in [5.41, 5.74) is 1.21. The van der Waals surface area contributed by atoms with E-state index in [2.05, 4.69) is 53.0 Å². The molecule has 27 heavy (non-hydrogen) atoms. The maximum Gasteiger partial charge on any atom is 0.307 e. The van der Waals surface area contributed by atoms with Gasteiger partial charge < -0.3 is 5.11 Å². The Balaban J connectivity index is 2.33. The molecule has 0 saturated heterocycles. The van der Waals surface area contributed by atoms with E-state index in [0.717, 1.165) is 12.8 Å². The molecule has 0 aromatic heterocycles. The van der Waals surface area contributed by atoms with Crippen LogP contribution in [0.5, 0.6) is 0 Å². The number of nitrogens with zero attached hydrogens (tertiary/aromatic N) is 2. The molecule has 0 aromatic rings. The standard InChI is InChI=1S/C23H30N2O2/c1-7-9-17(10-8-11-19(26)27)12-13-18-16-24-20-21(2,3)14-15-22(4,5)23(20,6)25-18/h7-10,16,20H,1,11,14-15H2,2-6H3,(H,26,27)/b10-8-,17-9+. The van der Waals surface area contributed by atoms with Crippen LogP contribution in [0, 0.1) is 22.7 Å². The van der Waals surface area contributed by atoms with Gasteiger partial charge in [0.2, 0.25) is 0 Å². The molecule has 144 valence electrons. The minimum atomic E-state index is -0.873. The second-order valence-electron chi connectivity index (χ2n) is 8.81. The smallest absolute Gasteiger partial charge is 0.307 e. The summed E-state index contributed by atoms with van der Waals surface area (Å²) in [5.74, 6) is 5.29. The van der Waals surface area contributed by atoms with E-state index in [9.17, 15) is 4.79 Å². The number of aliphatic carboxylic acids is 1. The molecule has 1 aliphatic carbocycles. The number of hydrogen-bond acceptors (Lipinski definition) is 3. The molecule has 2 atom stereocenters. The topological polar surface area (TPSA) is 62.0 Å². The Kier molecular flexibility index (Phi) is 5.94. The van der Waals surface area contributed by atoms with E-state index in [1.807, 2.05) is 0 Å². The lowest BCUT2D eigenvalue weighted by molar-refractivity contribution is -0.136. The van der Waals surface area contributed by atoms with Crippen LogP contribution in [0.3, 0.4) is 0 Å². The zero-order chi connectivity index (χ0) is 20.3. The molecule has 0 amide bonds. The van der Waals surface area contributed by atoms with Crippen molar-refractivity contribution >= 4 is 17.9 Å². The molecule has 1 fully saturated rings. The SMILES string of the molecule is C=C/C=C(C#CC1=NC2(C)C(N=C1)C(C)(C)CCC2(C)C)\C=C/CC(=O)O. The van der Waals surface area contributed by atoms with Crippen molar-refractivity contribution < 1.29 is 9.90 Å². The average molecular weight is 367 g/mol. The fourth-order valence-electron chi connectivity index (χ4n) is 3.89. The van der Waals surface area contributed by atoms with Crippen molar-refractivity contribution in [1.82, 2.24) is 0 Å². The van der Waals surface area contributed by atoms with Crippen LogP contribution in [0.15, 0.2) is 46.4 Å². The van der Waals surface area contributed by atoms with Crippen LogP contribution in [0.25, 0.3) is 0 Å². The number of carbonyl (C=O) groups is 1. The molecule has 1 N–H and O–H groups in total. The van der Waals surface area contributed by atoms with E-state index in [4.69, 9.17) is 15.1 Å². The monoisotopic (exact) mass is 366 g/mol. The van der Waals surface area contributed by atoms with E-state index >= 15 is 0 Å². The summed E-state index contributed by atoms with van der Waals surface area (Å²) >= 11 is 0. The third kappa shape index (κ3) is 4.47. The van der Waals surface area contributed by atoms with Gasteiger partial charge in [0.25, 0.3) is 0 Å². The molecule has 2 unspecified atom stereocenters. The summed E-state index contributed by atoms with van der Waals surface area (Å²) in [6, 6.07) is 0.137. The van der Waals surface area contributed by atoms with Crippen LogP contribution in [0.1, 0.15) is 53.9 Å². The van der Waals surface area contributed by atoms with Gasteiger partial charge in [0.1, 0.15) is 5.71 Å². The highest BCUT2D eigenvalue weighted by molar-refractivity contribution is 6.39. The Hall–Kier alpha value is -2.41. The molecule has 1 aliphatic heterocycles. The van der Waals surface area contributed by atoms with Gasteiger partial charge in [-0.25, -0.2) is 0 Å². The zero-order valence-corrected chi connectivity index (χ0v) is 17.0. The molecule has 2 aliphatic rings. The molecule has 0 spiro atoms. The highest BCUT2D eigenvalue weighted by atomic mass is 16.4. The summed E-state index contributed by atoms with van der Waals surface area (Å²) in [7, 11) is 0. The van der Waals surface area contributed by atoms with Crippen molar-refractivity contribution in [2.24, 2.45) is 20.8 Å². The summed E-state index contributed by atoms with van der Waals surface area (Å²) in [5, 5.41) is 8.76. The van der Waals surface area contributed by atoms with Gasteiger partial charge in [0.15, 0.2) is 0 Å². The van der Waals surface area contributed by atoms with Gasteiger partial charge in [0.05, 0.1) is 24.2 Å². The average Bonchev–Trinajstić information content (AvgIpc) is 2.56. The molecule has 0 bridgehead atoms. The molecule has 0 radical (unpaired) electrons. The van der Waals surface area contributed by atoms with E-state index in [-0.39, 0.29) is 28.8 Å². The second-order valence-corrected chi connectivity index (χ2v) is 8.81. The normalized spacial score (nSPS) is 28.7. The molecular formula is C23H30N2O2. The third-order valence-electron chi connectivity index (χ3n) is 5.96. The Morgan fingerprint density at radius 3 is 2.67 bits per heavy atom. The largest absolute Gasteiger partial charge is 0.481 e. The first-order valence-electron chi connectivity index (χ1n) is 9.38. The molecule has 1 saturated carbocycles. The van der Waals surface area contributed by atoms with Crippen LogP contribution >= 0.6 is 0 Å². The second kappa shape index (κ2) is 7.68. The lowest BCUT2D eigenvalue weighted by Gasteiger charge is -2.56. The lowest BCUT2D eigenvalue weighted by Crippen LogP contribution is -2.60. The summed E-state index contributed by atoms with van der Waals surface area (Å²) in [6.07, 6.45) is 10.6. The van der Waals surface area contributed by atoms with Crippen molar-refractivity contribution in [2.75, 3.05) is 0 Å². The first-order valence-corrected chi connectivity index (χ1v) is 9.38. The van der Waals surface area contributed by atoms with E-state index in [1.165, 1.54) is 0 Å². The van der Waals surface area contributed by atoms with Gasteiger partial charge in [-0.15, -0.1) is 0 Å². The van der Waals surface area contributed by atoms with Crippen molar-refractivity contribution in [3.8, 4) is 11.8 Å². The summed E-state index contributed by atoms with van der Waals surface area (Å²) < 4.78 is 0. The first kappa shape index (κ1) is 20.9. The molecule has 2 rings (SSSR count). The number of hydrogen-bond donors (Lipinski definition) is 1. The predicted molar refractivity (Wildman–Crippen MR) is 112 cm³/mol.